The Bertz CT molecular complexity index is 1550. The molecule has 1 aliphatic carbocycles. The highest BCUT2D eigenvalue weighted by molar-refractivity contribution is 6.08. The second-order valence-electron chi connectivity index (χ2n) is 9.25. The van der Waals surface area contributed by atoms with Gasteiger partial charge < -0.3 is 4.74 Å². The van der Waals surface area contributed by atoms with Crippen molar-refractivity contribution in [1.82, 2.24) is 4.98 Å². The van der Waals surface area contributed by atoms with Crippen LogP contribution in [0, 0.1) is 0 Å². The quantitative estimate of drug-likeness (QED) is 0.210. The Morgan fingerprint density at radius 1 is 0.912 bits per heavy atom. The van der Waals surface area contributed by atoms with E-state index >= 15 is 0 Å². The zero-order chi connectivity index (χ0) is 23.1. The lowest BCUT2D eigenvalue weighted by molar-refractivity contribution is -0.134. The summed E-state index contributed by atoms with van der Waals surface area (Å²) in [6.45, 7) is 1.99. The van der Waals surface area contributed by atoms with E-state index in [1.165, 1.54) is 32.7 Å². The maximum atomic E-state index is 12.4. The average molecular weight is 446 g/mol. The smallest absolute Gasteiger partial charge is 0.311 e. The number of ether oxygens (including phenoxy) is 1. The van der Waals surface area contributed by atoms with E-state index in [-0.39, 0.29) is 11.9 Å². The molecule has 0 radical (unpaired) electrons. The molecule has 1 heterocycles. The lowest BCUT2D eigenvalue weighted by Gasteiger charge is -2.27. The van der Waals surface area contributed by atoms with Crippen molar-refractivity contribution in [1.29, 1.82) is 0 Å². The first kappa shape index (κ1) is 20.9. The zero-order valence-electron chi connectivity index (χ0n) is 19.4. The molecule has 0 bridgehead atoms. The normalized spacial score (nSPS) is 15.5. The van der Waals surface area contributed by atoms with E-state index in [9.17, 15) is 4.79 Å². The van der Waals surface area contributed by atoms with Crippen LogP contribution in [0.25, 0.3) is 32.4 Å². The molecule has 0 amide bonds. The lowest BCUT2D eigenvalue weighted by atomic mass is 9.78. The fourth-order valence-corrected chi connectivity index (χ4v) is 5.52. The van der Waals surface area contributed by atoms with Gasteiger partial charge in [-0.1, -0.05) is 67.6 Å². The summed E-state index contributed by atoms with van der Waals surface area (Å²) < 4.78 is 5.83. The second kappa shape index (κ2) is 8.57. The van der Waals surface area contributed by atoms with Crippen LogP contribution in [0.4, 0.5) is 0 Å². The Hall–Kier alpha value is -3.72. The second-order valence-corrected chi connectivity index (χ2v) is 9.25. The first-order valence-electron chi connectivity index (χ1n) is 12.3. The Labute approximate surface area is 199 Å². The highest BCUT2D eigenvalue weighted by Crippen LogP contribution is 2.42. The molecular formula is C31H27NO2. The number of aryl methyl sites for hydroxylation is 1. The molecule has 0 saturated heterocycles. The fraction of sp³-hybridized carbons (Fsp3) is 0.226. The highest BCUT2D eigenvalue weighted by Gasteiger charge is 2.26. The third-order valence-electron chi connectivity index (χ3n) is 7.10. The van der Waals surface area contributed by atoms with Crippen LogP contribution >= 0.6 is 0 Å². The van der Waals surface area contributed by atoms with Gasteiger partial charge in [0.25, 0.3) is 0 Å². The molecule has 1 unspecified atom stereocenters. The fourth-order valence-electron chi connectivity index (χ4n) is 5.52. The number of hydrogen-bond donors (Lipinski definition) is 0. The maximum Gasteiger partial charge on any atom is 0.311 e. The predicted octanol–water partition coefficient (Wildman–Crippen LogP) is 7.71. The van der Waals surface area contributed by atoms with Gasteiger partial charge in [-0.25, -0.2) is 0 Å². The van der Waals surface area contributed by atoms with Gasteiger partial charge in [0, 0.05) is 23.8 Å². The topological polar surface area (TPSA) is 39.2 Å². The minimum atomic E-state index is -0.188. The Kier molecular flexibility index (Phi) is 5.26. The van der Waals surface area contributed by atoms with E-state index < -0.39 is 0 Å². The number of rotatable bonds is 4. The average Bonchev–Trinajstić information content (AvgIpc) is 2.88. The minimum absolute atomic E-state index is 0.188. The Morgan fingerprint density at radius 2 is 1.71 bits per heavy atom. The molecule has 0 spiro atoms. The number of nitrogens with zero attached hydrogens (tertiary/aromatic N) is 1. The highest BCUT2D eigenvalue weighted by atomic mass is 16.5. The van der Waals surface area contributed by atoms with Crippen molar-refractivity contribution in [3.05, 3.63) is 95.7 Å². The van der Waals surface area contributed by atoms with Crippen molar-refractivity contribution in [2.45, 2.75) is 44.9 Å². The van der Waals surface area contributed by atoms with E-state index in [2.05, 4.69) is 48.5 Å². The summed E-state index contributed by atoms with van der Waals surface area (Å²) in [6, 6.07) is 27.6. The molecular weight excluding hydrogens is 418 g/mol. The molecule has 0 fully saturated rings. The largest absolute Gasteiger partial charge is 0.426 e. The molecule has 34 heavy (non-hydrogen) atoms. The van der Waals surface area contributed by atoms with E-state index in [1.54, 1.807) is 0 Å². The van der Waals surface area contributed by atoms with Crippen molar-refractivity contribution >= 4 is 38.4 Å². The molecule has 4 aromatic carbocycles. The van der Waals surface area contributed by atoms with Crippen LogP contribution < -0.4 is 4.74 Å². The third-order valence-corrected chi connectivity index (χ3v) is 7.10. The number of para-hydroxylation sites is 1. The summed E-state index contributed by atoms with van der Waals surface area (Å²) in [5.74, 6) is 0.623. The van der Waals surface area contributed by atoms with E-state index in [0.717, 1.165) is 42.3 Å². The Balaban J connectivity index is 1.50. The summed E-state index contributed by atoms with van der Waals surface area (Å²) >= 11 is 0. The van der Waals surface area contributed by atoms with E-state index in [1.807, 2.05) is 37.3 Å². The van der Waals surface area contributed by atoms with Crippen molar-refractivity contribution in [3.63, 3.8) is 0 Å². The Morgan fingerprint density at radius 3 is 2.59 bits per heavy atom. The number of carbonyl (C=O) groups excluding carboxylic acids is 1. The third kappa shape index (κ3) is 3.52. The summed E-state index contributed by atoms with van der Waals surface area (Å²) in [6.07, 6.45) is 4.42. The van der Waals surface area contributed by atoms with E-state index in [0.29, 0.717) is 12.2 Å². The summed E-state index contributed by atoms with van der Waals surface area (Å²) in [5, 5.41) is 6.13. The standard InChI is InChI=1S/C31H27NO2/c1-2-8-31(33)34-30-19-29(32-28-14-6-5-11-27(28)30)26-13-7-12-22-24-16-15-20-9-3-4-10-21(20)23(24)17-18-25(22)26/h3-6,9-11,14-19,26H,2,7-8,12-13H2,1H3. The zero-order valence-corrected chi connectivity index (χ0v) is 19.4. The molecule has 6 rings (SSSR count). The van der Waals surface area contributed by atoms with Gasteiger partial charge in [-0.15, -0.1) is 0 Å². The van der Waals surface area contributed by atoms with Crippen LogP contribution in [0.3, 0.4) is 0 Å². The number of fused-ring (bicyclic) bond motifs is 6. The van der Waals surface area contributed by atoms with Crippen LogP contribution in [0.5, 0.6) is 5.75 Å². The van der Waals surface area contributed by atoms with Gasteiger partial charge >= 0.3 is 5.97 Å². The first-order chi connectivity index (χ1) is 16.7. The van der Waals surface area contributed by atoms with Gasteiger partial charge in [0.2, 0.25) is 0 Å². The molecule has 0 N–H and O–H groups in total. The van der Waals surface area contributed by atoms with Crippen molar-refractivity contribution in [2.75, 3.05) is 0 Å². The molecule has 3 heteroatoms. The van der Waals surface area contributed by atoms with Crippen molar-refractivity contribution in [3.8, 4) is 5.75 Å². The molecule has 3 nitrogen and oxygen atoms in total. The van der Waals surface area contributed by atoms with Crippen LogP contribution in [0.15, 0.2) is 78.9 Å². The maximum absolute atomic E-state index is 12.4. The number of pyridine rings is 1. The molecule has 168 valence electrons. The predicted molar refractivity (Wildman–Crippen MR) is 139 cm³/mol. The van der Waals surface area contributed by atoms with Gasteiger partial charge in [-0.2, -0.15) is 0 Å². The number of aromatic nitrogens is 1. The molecule has 1 aromatic heterocycles. The number of hydrogen-bond acceptors (Lipinski definition) is 3. The molecule has 5 aromatic rings. The summed E-state index contributed by atoms with van der Waals surface area (Å²) in [4.78, 5) is 17.4. The van der Waals surface area contributed by atoms with E-state index in [4.69, 9.17) is 9.72 Å². The number of benzene rings is 4. The number of carbonyl (C=O) groups is 1. The molecule has 1 aliphatic rings. The van der Waals surface area contributed by atoms with Crippen LogP contribution in [-0.2, 0) is 11.2 Å². The van der Waals surface area contributed by atoms with Gasteiger partial charge in [-0.3, -0.25) is 9.78 Å². The van der Waals surface area contributed by atoms with Gasteiger partial charge in [-0.05, 0) is 70.5 Å². The first-order valence-corrected chi connectivity index (χ1v) is 12.3. The van der Waals surface area contributed by atoms with Crippen molar-refractivity contribution in [2.24, 2.45) is 0 Å². The summed E-state index contributed by atoms with van der Waals surface area (Å²) in [5.41, 5.74) is 4.64. The van der Waals surface area contributed by atoms with Gasteiger partial charge in [0.1, 0.15) is 5.75 Å². The van der Waals surface area contributed by atoms with Crippen LogP contribution in [-0.4, -0.2) is 11.0 Å². The number of esters is 1. The lowest BCUT2D eigenvalue weighted by Crippen LogP contribution is -2.14. The van der Waals surface area contributed by atoms with Gasteiger partial charge in [0.05, 0.1) is 11.2 Å². The molecule has 1 atom stereocenters. The molecule has 0 aliphatic heterocycles. The monoisotopic (exact) mass is 445 g/mol. The summed E-state index contributed by atoms with van der Waals surface area (Å²) in [7, 11) is 0. The minimum Gasteiger partial charge on any atom is -0.426 e. The van der Waals surface area contributed by atoms with Crippen LogP contribution in [0.1, 0.15) is 55.3 Å². The van der Waals surface area contributed by atoms with Crippen molar-refractivity contribution < 1.29 is 9.53 Å². The van der Waals surface area contributed by atoms with Gasteiger partial charge in [0.15, 0.2) is 0 Å². The molecule has 0 saturated carbocycles. The SMILES string of the molecule is CCCC(=O)Oc1cc(C2CCCc3c2ccc2c3ccc3ccccc32)nc2ccccc12. The van der Waals surface area contributed by atoms with Crippen LogP contribution in [0.2, 0.25) is 0 Å².